The van der Waals surface area contributed by atoms with Crippen LogP contribution in [0.2, 0.25) is 5.02 Å². The van der Waals surface area contributed by atoms with Crippen LogP contribution in [0.3, 0.4) is 0 Å². The Morgan fingerprint density at radius 1 is 1.08 bits per heavy atom. The highest BCUT2D eigenvalue weighted by Gasteiger charge is 2.48. The van der Waals surface area contributed by atoms with Gasteiger partial charge in [-0.05, 0) is 66.6 Å². The van der Waals surface area contributed by atoms with Crippen LogP contribution >= 0.6 is 22.9 Å². The molecular weight excluding hydrogens is 540 g/mol. The van der Waals surface area contributed by atoms with Crippen LogP contribution in [0.4, 0.5) is 5.13 Å². The number of aliphatic hydroxyl groups excluding tert-OH is 1. The summed E-state index contributed by atoms with van der Waals surface area (Å²) in [5.74, 6) is -0.235. The van der Waals surface area contributed by atoms with Crippen molar-refractivity contribution < 1.29 is 28.9 Å². The Labute approximate surface area is 233 Å². The van der Waals surface area contributed by atoms with E-state index in [0.717, 1.165) is 16.0 Å². The molecule has 4 aromatic rings. The molecule has 8 nitrogen and oxygen atoms in total. The zero-order chi connectivity index (χ0) is 27.4. The first-order valence-corrected chi connectivity index (χ1v) is 13.4. The molecule has 0 bridgehead atoms. The molecule has 1 fully saturated rings. The van der Waals surface area contributed by atoms with Crippen molar-refractivity contribution in [2.45, 2.75) is 25.5 Å². The van der Waals surface area contributed by atoms with Gasteiger partial charge in [-0.3, -0.25) is 14.5 Å². The van der Waals surface area contributed by atoms with Crippen LogP contribution in [0.1, 0.15) is 29.7 Å². The highest BCUT2D eigenvalue weighted by atomic mass is 35.5. The highest BCUT2D eigenvalue weighted by molar-refractivity contribution is 7.22. The van der Waals surface area contributed by atoms with E-state index in [0.29, 0.717) is 44.7 Å². The second kappa shape index (κ2) is 9.59. The summed E-state index contributed by atoms with van der Waals surface area (Å²) in [6, 6.07) is 14.6. The van der Waals surface area contributed by atoms with Crippen LogP contribution in [0.25, 0.3) is 16.0 Å². The number of carbonyl (C=O) groups is 2. The van der Waals surface area contributed by atoms with Crippen LogP contribution in [-0.4, -0.2) is 42.1 Å². The van der Waals surface area contributed by atoms with E-state index in [4.69, 9.17) is 25.8 Å². The number of hydrogen-bond donors (Lipinski definition) is 1. The Morgan fingerprint density at radius 2 is 1.87 bits per heavy atom. The maximum absolute atomic E-state index is 13.6. The summed E-state index contributed by atoms with van der Waals surface area (Å²) < 4.78 is 17.4. The topological polar surface area (TPSA) is 98.2 Å². The molecule has 1 N–H and O–H groups in total. The minimum Gasteiger partial charge on any atom is -0.507 e. The number of aromatic nitrogens is 1. The number of nitrogens with zero attached hydrogens (tertiary/aromatic N) is 2. The summed E-state index contributed by atoms with van der Waals surface area (Å²) in [5, 5.41) is 12.4. The Kier molecular flexibility index (Phi) is 6.20. The molecule has 3 aromatic carbocycles. The van der Waals surface area contributed by atoms with Gasteiger partial charge in [-0.15, -0.1) is 0 Å². The quantitative estimate of drug-likeness (QED) is 0.183. The van der Waals surface area contributed by atoms with Gasteiger partial charge in [-0.25, -0.2) is 4.98 Å². The molecule has 0 spiro atoms. The molecule has 1 aromatic heterocycles. The van der Waals surface area contributed by atoms with E-state index in [-0.39, 0.29) is 17.4 Å². The van der Waals surface area contributed by atoms with E-state index < -0.39 is 17.7 Å². The van der Waals surface area contributed by atoms with Gasteiger partial charge < -0.3 is 19.3 Å². The second-order valence-corrected chi connectivity index (χ2v) is 10.8. The first kappa shape index (κ1) is 25.2. The van der Waals surface area contributed by atoms with Crippen molar-refractivity contribution in [1.29, 1.82) is 0 Å². The minimum atomic E-state index is -0.968. The summed E-state index contributed by atoms with van der Waals surface area (Å²) in [6.45, 7) is 1.97. The number of ether oxygens (including phenoxy) is 3. The van der Waals surface area contributed by atoms with E-state index in [9.17, 15) is 14.7 Å². The lowest BCUT2D eigenvalue weighted by Crippen LogP contribution is -2.29. The molecule has 0 unspecified atom stereocenters. The molecule has 6 rings (SSSR count). The van der Waals surface area contributed by atoms with E-state index in [1.807, 2.05) is 6.92 Å². The van der Waals surface area contributed by atoms with Crippen LogP contribution in [0, 0.1) is 0 Å². The number of rotatable bonds is 5. The lowest BCUT2D eigenvalue weighted by atomic mass is 9.94. The number of anilines is 1. The molecule has 0 radical (unpaired) electrons. The van der Waals surface area contributed by atoms with E-state index >= 15 is 0 Å². The Bertz CT molecular complexity index is 1700. The number of amides is 1. The third kappa shape index (κ3) is 4.18. The summed E-state index contributed by atoms with van der Waals surface area (Å²) in [5.41, 5.74) is 2.48. The predicted molar refractivity (Wildman–Crippen MR) is 149 cm³/mol. The van der Waals surface area contributed by atoms with Gasteiger partial charge in [-0.1, -0.05) is 29.0 Å². The van der Waals surface area contributed by atoms with Gasteiger partial charge in [0.05, 0.1) is 36.1 Å². The van der Waals surface area contributed by atoms with Crippen molar-refractivity contribution in [1.82, 2.24) is 4.98 Å². The van der Waals surface area contributed by atoms with Gasteiger partial charge in [0.25, 0.3) is 5.78 Å². The maximum Gasteiger partial charge on any atom is 0.301 e. The molecule has 2 aliphatic rings. The van der Waals surface area contributed by atoms with Gasteiger partial charge in [0.1, 0.15) is 17.6 Å². The first-order valence-electron chi connectivity index (χ1n) is 12.2. The number of thiazole rings is 1. The highest BCUT2D eigenvalue weighted by Crippen LogP contribution is 2.46. The molecule has 3 heterocycles. The van der Waals surface area contributed by atoms with Crippen molar-refractivity contribution in [2.75, 3.05) is 19.1 Å². The molecule has 2 aliphatic heterocycles. The third-order valence-corrected chi connectivity index (χ3v) is 8.14. The molecule has 39 heavy (non-hydrogen) atoms. The molecule has 2 atom stereocenters. The van der Waals surface area contributed by atoms with Gasteiger partial charge in [0.15, 0.2) is 16.6 Å². The lowest BCUT2D eigenvalue weighted by molar-refractivity contribution is -0.132. The van der Waals surface area contributed by atoms with Crippen LogP contribution in [0.5, 0.6) is 17.2 Å². The second-order valence-electron chi connectivity index (χ2n) is 9.35. The Balaban J connectivity index is 1.55. The molecule has 10 heteroatoms. The van der Waals surface area contributed by atoms with Gasteiger partial charge in [0.2, 0.25) is 0 Å². The van der Waals surface area contributed by atoms with Crippen molar-refractivity contribution in [3.05, 3.63) is 81.9 Å². The third-order valence-electron chi connectivity index (χ3n) is 6.88. The number of fused-ring (bicyclic) bond motifs is 2. The summed E-state index contributed by atoms with van der Waals surface area (Å²) in [4.78, 5) is 33.1. The summed E-state index contributed by atoms with van der Waals surface area (Å²) in [6.07, 6.45) is 0.695. The number of ketones is 1. The Morgan fingerprint density at radius 3 is 2.64 bits per heavy atom. The molecule has 0 saturated carbocycles. The predicted octanol–water partition coefficient (Wildman–Crippen LogP) is 5.92. The molecule has 1 amide bonds. The molecule has 1 saturated heterocycles. The fourth-order valence-corrected chi connectivity index (χ4v) is 6.35. The number of Topliss-reactive ketones (excluding diaryl/α,β-unsaturated/α-hetero) is 1. The average molecular weight is 563 g/mol. The van der Waals surface area contributed by atoms with Crippen LogP contribution in [-0.2, 0) is 16.0 Å². The number of benzene rings is 3. The summed E-state index contributed by atoms with van der Waals surface area (Å²) >= 11 is 7.41. The van der Waals surface area contributed by atoms with E-state index in [1.165, 1.54) is 30.5 Å². The molecule has 0 aliphatic carbocycles. The monoisotopic (exact) mass is 562 g/mol. The maximum atomic E-state index is 13.6. The summed E-state index contributed by atoms with van der Waals surface area (Å²) in [7, 11) is 3.03. The van der Waals surface area contributed by atoms with E-state index in [2.05, 4.69) is 4.98 Å². The smallest absolute Gasteiger partial charge is 0.301 e. The average Bonchev–Trinajstić information content (AvgIpc) is 3.59. The van der Waals surface area contributed by atoms with Crippen molar-refractivity contribution >= 4 is 55.7 Å². The molecule has 198 valence electrons. The number of halogens is 1. The normalized spacial score (nSPS) is 19.8. The number of aliphatic hydroxyl groups is 1. The van der Waals surface area contributed by atoms with Gasteiger partial charge >= 0.3 is 5.91 Å². The zero-order valence-electron chi connectivity index (χ0n) is 21.2. The number of carbonyl (C=O) groups excluding carboxylic acids is 2. The Hall–Kier alpha value is -4.08. The standard InChI is InChI=1S/C29H23ClN2O6S/c1-14-10-17-11-16(5-8-20(17)38-14)26(33)24-25(15-4-9-21(36-2)22(12-15)37-3)32(28(35)27(24)34)29-31-19-7-6-18(30)13-23(19)39-29/h4-9,11-14,25,33H,10H2,1-3H3/t14-,25-/m0/s1. The minimum absolute atomic E-state index is 0.0160. The zero-order valence-corrected chi connectivity index (χ0v) is 22.8. The number of methoxy groups -OCH3 is 2. The van der Waals surface area contributed by atoms with Gasteiger partial charge in [-0.2, -0.15) is 0 Å². The lowest BCUT2D eigenvalue weighted by Gasteiger charge is -2.23. The molecular formula is C29H23ClN2O6S. The fourth-order valence-electron chi connectivity index (χ4n) is 5.08. The van der Waals surface area contributed by atoms with Crippen molar-refractivity contribution in [3.8, 4) is 17.2 Å². The number of hydrogen-bond acceptors (Lipinski definition) is 8. The van der Waals surface area contributed by atoms with Crippen molar-refractivity contribution in [3.63, 3.8) is 0 Å². The SMILES string of the molecule is COc1ccc([C@H]2C(=C(O)c3ccc4c(c3)C[C@H](C)O4)C(=O)C(=O)N2c2nc3ccc(Cl)cc3s2)cc1OC. The van der Waals surface area contributed by atoms with Crippen LogP contribution in [0.15, 0.2) is 60.2 Å². The van der Waals surface area contributed by atoms with Gasteiger partial charge in [0, 0.05) is 17.0 Å². The van der Waals surface area contributed by atoms with Crippen LogP contribution < -0.4 is 19.1 Å². The fraction of sp³-hybridized carbons (Fsp3) is 0.207. The van der Waals surface area contributed by atoms with E-state index in [1.54, 1.807) is 54.6 Å². The first-order chi connectivity index (χ1) is 18.8. The van der Waals surface area contributed by atoms with Crippen molar-refractivity contribution in [2.24, 2.45) is 0 Å². The largest absolute Gasteiger partial charge is 0.507 e.